The van der Waals surface area contributed by atoms with Crippen LogP contribution in [0, 0.1) is 5.92 Å². The summed E-state index contributed by atoms with van der Waals surface area (Å²) in [7, 11) is 0. The van der Waals surface area contributed by atoms with Crippen LogP contribution < -0.4 is 5.32 Å². The van der Waals surface area contributed by atoms with E-state index in [4.69, 9.17) is 0 Å². The van der Waals surface area contributed by atoms with E-state index in [0.29, 0.717) is 13.0 Å². The molecule has 0 aliphatic carbocycles. The molecule has 3 rings (SSSR count). The number of carbonyl (C=O) groups is 2. The summed E-state index contributed by atoms with van der Waals surface area (Å²) in [5.74, 6) is 0.0456. The van der Waals surface area contributed by atoms with Crippen LogP contribution >= 0.6 is 12.4 Å². The van der Waals surface area contributed by atoms with Gasteiger partial charge in [-0.3, -0.25) is 9.59 Å². The molecule has 2 aliphatic rings. The van der Waals surface area contributed by atoms with Gasteiger partial charge in [0.2, 0.25) is 11.8 Å². The van der Waals surface area contributed by atoms with Gasteiger partial charge in [-0.05, 0) is 25.5 Å². The van der Waals surface area contributed by atoms with Crippen LogP contribution in [0.25, 0.3) is 0 Å². The molecule has 6 heteroatoms. The Bertz CT molecular complexity index is 559. The number of benzene rings is 1. The van der Waals surface area contributed by atoms with Crippen molar-refractivity contribution in [3.63, 3.8) is 0 Å². The summed E-state index contributed by atoms with van der Waals surface area (Å²) in [6.45, 7) is 5.93. The fourth-order valence-electron chi connectivity index (χ4n) is 3.51. The van der Waals surface area contributed by atoms with Crippen LogP contribution in [0.15, 0.2) is 30.3 Å². The van der Waals surface area contributed by atoms with Crippen molar-refractivity contribution in [3.05, 3.63) is 35.9 Å². The molecule has 2 saturated heterocycles. The molecule has 1 aromatic rings. The van der Waals surface area contributed by atoms with Crippen LogP contribution in [-0.4, -0.2) is 54.3 Å². The Morgan fingerprint density at radius 2 is 1.96 bits per heavy atom. The number of amides is 2. The number of halogens is 1. The first-order valence-corrected chi connectivity index (χ1v) is 8.50. The Morgan fingerprint density at radius 1 is 1.21 bits per heavy atom. The summed E-state index contributed by atoms with van der Waals surface area (Å²) >= 11 is 0. The first-order chi connectivity index (χ1) is 11.2. The summed E-state index contributed by atoms with van der Waals surface area (Å²) in [4.78, 5) is 28.9. The van der Waals surface area contributed by atoms with E-state index < -0.39 is 0 Å². The third-order valence-electron chi connectivity index (χ3n) is 4.91. The van der Waals surface area contributed by atoms with Gasteiger partial charge < -0.3 is 15.1 Å². The molecule has 24 heavy (non-hydrogen) atoms. The van der Waals surface area contributed by atoms with E-state index >= 15 is 0 Å². The fraction of sp³-hybridized carbons (Fsp3) is 0.556. The van der Waals surface area contributed by atoms with E-state index in [9.17, 15) is 9.59 Å². The molecule has 2 atom stereocenters. The Kier molecular flexibility index (Phi) is 6.63. The molecular formula is C18H26ClN3O2. The van der Waals surface area contributed by atoms with Gasteiger partial charge in [-0.1, -0.05) is 30.3 Å². The van der Waals surface area contributed by atoms with Gasteiger partial charge in [0.1, 0.15) is 0 Å². The van der Waals surface area contributed by atoms with Crippen LogP contribution in [0.2, 0.25) is 0 Å². The highest BCUT2D eigenvalue weighted by molar-refractivity contribution is 5.89. The average molecular weight is 352 g/mol. The summed E-state index contributed by atoms with van der Waals surface area (Å²) in [5.41, 5.74) is 1.12. The number of carbonyl (C=O) groups excluding carboxylic acids is 2. The van der Waals surface area contributed by atoms with Crippen molar-refractivity contribution in [2.24, 2.45) is 5.92 Å². The second-order valence-electron chi connectivity index (χ2n) is 6.46. The minimum absolute atomic E-state index is 0. The molecular weight excluding hydrogens is 326 g/mol. The fourth-order valence-corrected chi connectivity index (χ4v) is 3.51. The third kappa shape index (κ3) is 4.08. The van der Waals surface area contributed by atoms with Crippen molar-refractivity contribution in [2.45, 2.75) is 25.8 Å². The van der Waals surface area contributed by atoms with Crippen LogP contribution in [0.5, 0.6) is 0 Å². The Labute approximate surface area is 149 Å². The molecule has 0 aromatic heterocycles. The summed E-state index contributed by atoms with van der Waals surface area (Å²) in [5, 5.41) is 3.31. The zero-order valence-electron chi connectivity index (χ0n) is 14.1. The predicted octanol–water partition coefficient (Wildman–Crippen LogP) is 1.84. The highest BCUT2D eigenvalue weighted by Crippen LogP contribution is 2.29. The van der Waals surface area contributed by atoms with Gasteiger partial charge in [-0.2, -0.15) is 0 Å². The van der Waals surface area contributed by atoms with Gasteiger partial charge in [0.05, 0.1) is 12.0 Å². The van der Waals surface area contributed by atoms with Gasteiger partial charge in [0.15, 0.2) is 0 Å². The van der Waals surface area contributed by atoms with Gasteiger partial charge in [0, 0.05) is 32.6 Å². The van der Waals surface area contributed by atoms with E-state index in [1.807, 2.05) is 47.1 Å². The Balaban J connectivity index is 0.00000208. The van der Waals surface area contributed by atoms with Crippen LogP contribution in [0.4, 0.5) is 0 Å². The number of hydrogen-bond acceptors (Lipinski definition) is 3. The van der Waals surface area contributed by atoms with Crippen molar-refractivity contribution in [1.29, 1.82) is 0 Å². The van der Waals surface area contributed by atoms with E-state index in [0.717, 1.165) is 38.2 Å². The molecule has 2 heterocycles. The number of likely N-dealkylation sites (tertiary alicyclic amines) is 1. The topological polar surface area (TPSA) is 52.7 Å². The zero-order valence-corrected chi connectivity index (χ0v) is 14.9. The van der Waals surface area contributed by atoms with Crippen molar-refractivity contribution < 1.29 is 9.59 Å². The normalized spacial score (nSPS) is 22.7. The van der Waals surface area contributed by atoms with Gasteiger partial charge in [-0.25, -0.2) is 0 Å². The van der Waals surface area contributed by atoms with Crippen LogP contribution in [-0.2, 0) is 9.59 Å². The molecule has 2 amide bonds. The largest absolute Gasteiger partial charge is 0.341 e. The maximum atomic E-state index is 12.7. The molecule has 0 bridgehead atoms. The second-order valence-corrected chi connectivity index (χ2v) is 6.46. The van der Waals surface area contributed by atoms with Gasteiger partial charge >= 0.3 is 0 Å². The van der Waals surface area contributed by atoms with Crippen molar-refractivity contribution >= 4 is 24.2 Å². The SMILES string of the molecule is CC(c1ccccc1)N1CC(C(=O)N2CCCNCC2)CC1=O.Cl. The first kappa shape index (κ1) is 18.7. The monoisotopic (exact) mass is 351 g/mol. The molecule has 2 fully saturated rings. The van der Waals surface area contributed by atoms with Crippen molar-refractivity contribution in [3.8, 4) is 0 Å². The number of nitrogens with one attached hydrogen (secondary N) is 1. The zero-order chi connectivity index (χ0) is 16.2. The van der Waals surface area contributed by atoms with Crippen LogP contribution in [0.1, 0.15) is 31.4 Å². The molecule has 1 N–H and O–H groups in total. The molecule has 1 aromatic carbocycles. The molecule has 2 unspecified atom stereocenters. The molecule has 0 saturated carbocycles. The maximum absolute atomic E-state index is 12.7. The molecule has 132 valence electrons. The van der Waals surface area contributed by atoms with Crippen molar-refractivity contribution in [1.82, 2.24) is 15.1 Å². The van der Waals surface area contributed by atoms with E-state index in [1.165, 1.54) is 0 Å². The summed E-state index contributed by atoms with van der Waals surface area (Å²) in [6, 6.07) is 10.0. The standard InChI is InChI=1S/C18H25N3O2.ClH/c1-14(15-6-3-2-4-7-15)21-13-16(12-17(21)22)18(23)20-10-5-8-19-9-11-20;/h2-4,6-7,14,16,19H,5,8-13H2,1H3;1H. The molecule has 0 spiro atoms. The summed E-state index contributed by atoms with van der Waals surface area (Å²) < 4.78 is 0. The first-order valence-electron chi connectivity index (χ1n) is 8.50. The predicted molar refractivity (Wildman–Crippen MR) is 96.0 cm³/mol. The smallest absolute Gasteiger partial charge is 0.228 e. The molecule has 2 aliphatic heterocycles. The lowest BCUT2D eigenvalue weighted by atomic mass is 10.1. The third-order valence-corrected chi connectivity index (χ3v) is 4.91. The highest BCUT2D eigenvalue weighted by Gasteiger charge is 2.38. The Morgan fingerprint density at radius 3 is 2.71 bits per heavy atom. The lowest BCUT2D eigenvalue weighted by molar-refractivity contribution is -0.135. The van der Waals surface area contributed by atoms with Gasteiger partial charge in [-0.15, -0.1) is 12.4 Å². The maximum Gasteiger partial charge on any atom is 0.228 e. The van der Waals surface area contributed by atoms with Crippen LogP contribution in [0.3, 0.4) is 0 Å². The quantitative estimate of drug-likeness (QED) is 0.904. The minimum atomic E-state index is -0.188. The Hall–Kier alpha value is -1.59. The average Bonchev–Trinajstić information content (AvgIpc) is 2.79. The lowest BCUT2D eigenvalue weighted by Gasteiger charge is -2.26. The molecule has 5 nitrogen and oxygen atoms in total. The molecule has 0 radical (unpaired) electrons. The lowest BCUT2D eigenvalue weighted by Crippen LogP contribution is -2.39. The number of rotatable bonds is 3. The number of hydrogen-bond donors (Lipinski definition) is 1. The highest BCUT2D eigenvalue weighted by atomic mass is 35.5. The second kappa shape index (κ2) is 8.49. The van der Waals surface area contributed by atoms with Gasteiger partial charge in [0.25, 0.3) is 0 Å². The number of nitrogens with zero attached hydrogens (tertiary/aromatic N) is 2. The van der Waals surface area contributed by atoms with E-state index in [-0.39, 0.29) is 36.2 Å². The summed E-state index contributed by atoms with van der Waals surface area (Å²) in [6.07, 6.45) is 1.33. The van der Waals surface area contributed by atoms with E-state index in [1.54, 1.807) is 0 Å². The van der Waals surface area contributed by atoms with Crippen molar-refractivity contribution in [2.75, 3.05) is 32.7 Å². The van der Waals surface area contributed by atoms with E-state index in [2.05, 4.69) is 5.32 Å². The minimum Gasteiger partial charge on any atom is -0.341 e.